The maximum Gasteiger partial charge on any atom is 0.416 e. The number of hydrogen-bond acceptors (Lipinski definition) is 6. The van der Waals surface area contributed by atoms with E-state index in [-0.39, 0.29) is 24.0 Å². The average molecular weight is 608 g/mol. The number of nitrogens with zero attached hydrogens (tertiary/aromatic N) is 5. The smallest absolute Gasteiger partial charge is 0.416 e. The lowest BCUT2D eigenvalue weighted by atomic mass is 9.81. The minimum absolute atomic E-state index is 0.0203. The Kier molecular flexibility index (Phi) is 9.52. The average Bonchev–Trinajstić information content (AvgIpc) is 3.67. The summed E-state index contributed by atoms with van der Waals surface area (Å²) < 4.78 is 47.8. The van der Waals surface area contributed by atoms with Crippen LogP contribution in [0.1, 0.15) is 72.4 Å². The highest BCUT2D eigenvalue weighted by Crippen LogP contribution is 2.36. The van der Waals surface area contributed by atoms with E-state index in [1.165, 1.54) is 24.3 Å². The zero-order valence-electron chi connectivity index (χ0n) is 25.7. The van der Waals surface area contributed by atoms with E-state index >= 15 is 0 Å². The zero-order chi connectivity index (χ0) is 31.4. The Morgan fingerprint density at radius 3 is 2.41 bits per heavy atom. The third kappa shape index (κ3) is 7.20. The molecular weight excluding hydrogens is 567 g/mol. The maximum atomic E-state index is 13.7. The van der Waals surface area contributed by atoms with E-state index in [1.807, 2.05) is 30.3 Å². The summed E-state index contributed by atoms with van der Waals surface area (Å²) in [5.74, 6) is 0.970. The van der Waals surface area contributed by atoms with Gasteiger partial charge in [0.05, 0.1) is 30.2 Å². The molecule has 0 aliphatic heterocycles. The van der Waals surface area contributed by atoms with Gasteiger partial charge < -0.3 is 14.5 Å². The van der Waals surface area contributed by atoms with Crippen molar-refractivity contribution in [3.8, 4) is 6.07 Å². The third-order valence-electron chi connectivity index (χ3n) is 9.08. The normalized spacial score (nSPS) is 18.0. The van der Waals surface area contributed by atoms with Crippen LogP contribution in [0.2, 0.25) is 0 Å². The molecule has 234 valence electrons. The number of carbonyl (C=O) groups excluding carboxylic acids is 1. The summed E-state index contributed by atoms with van der Waals surface area (Å²) in [6.07, 6.45) is 4.02. The van der Waals surface area contributed by atoms with E-state index in [9.17, 15) is 23.2 Å². The molecule has 1 fully saturated rings. The lowest BCUT2D eigenvalue weighted by Crippen LogP contribution is -2.34. The minimum atomic E-state index is -4.55. The number of methoxy groups -OCH3 is 1. The number of esters is 1. The Bertz CT molecular complexity index is 1520. The molecule has 7 nitrogen and oxygen atoms in total. The number of nitriles is 1. The largest absolute Gasteiger partial charge is 0.469 e. The number of aromatic nitrogens is 2. The molecule has 2 aromatic carbocycles. The number of alkyl halides is 3. The Balaban J connectivity index is 1.46. The van der Waals surface area contributed by atoms with Crippen molar-refractivity contribution < 1.29 is 22.7 Å². The van der Waals surface area contributed by atoms with Crippen molar-refractivity contribution in [2.45, 2.75) is 71.1 Å². The van der Waals surface area contributed by atoms with Crippen LogP contribution in [0.5, 0.6) is 0 Å². The zero-order valence-corrected chi connectivity index (χ0v) is 25.7. The monoisotopic (exact) mass is 607 g/mol. The fourth-order valence-electron chi connectivity index (χ4n) is 6.77. The second-order valence-corrected chi connectivity index (χ2v) is 12.1. The maximum absolute atomic E-state index is 13.7. The Hall–Kier alpha value is -4.00. The summed E-state index contributed by atoms with van der Waals surface area (Å²) in [6.45, 7) is 4.45. The fraction of sp³-hybridized carbons (Fsp3) is 0.500. The molecule has 0 spiro atoms. The van der Waals surface area contributed by atoms with Crippen LogP contribution in [0.4, 0.5) is 24.7 Å². The number of rotatable bonds is 10. The third-order valence-corrected chi connectivity index (χ3v) is 9.08. The van der Waals surface area contributed by atoms with E-state index in [2.05, 4.69) is 29.1 Å². The molecule has 0 bridgehead atoms. The summed E-state index contributed by atoms with van der Waals surface area (Å²) in [5.41, 5.74) is 4.49. The molecule has 0 unspecified atom stereocenters. The van der Waals surface area contributed by atoms with E-state index < -0.39 is 11.7 Å². The Morgan fingerprint density at radius 2 is 1.80 bits per heavy atom. The lowest BCUT2D eigenvalue weighted by molar-refractivity contribution is -0.146. The van der Waals surface area contributed by atoms with Gasteiger partial charge in [-0.2, -0.15) is 23.5 Å². The number of hydrogen-bond donors (Lipinski definition) is 0. The first-order valence-corrected chi connectivity index (χ1v) is 15.4. The number of halogens is 3. The number of carbonyl (C=O) groups is 1. The van der Waals surface area contributed by atoms with Crippen LogP contribution in [-0.4, -0.2) is 35.9 Å². The van der Waals surface area contributed by atoms with Crippen molar-refractivity contribution in [2.24, 2.45) is 18.9 Å². The molecule has 3 aromatic rings. The summed E-state index contributed by atoms with van der Waals surface area (Å²) in [7, 11) is 3.26. The van der Waals surface area contributed by atoms with Crippen LogP contribution >= 0.6 is 0 Å². The molecule has 0 amide bonds. The molecule has 2 aliphatic carbocycles. The number of benzene rings is 2. The first kappa shape index (κ1) is 31.4. The first-order chi connectivity index (χ1) is 21.1. The van der Waals surface area contributed by atoms with Crippen molar-refractivity contribution in [1.82, 2.24) is 9.78 Å². The van der Waals surface area contributed by atoms with Gasteiger partial charge >= 0.3 is 12.1 Å². The number of fused-ring (bicyclic) bond motifs is 1. The van der Waals surface area contributed by atoms with Gasteiger partial charge in [-0.05, 0) is 104 Å². The predicted octanol–water partition coefficient (Wildman–Crippen LogP) is 6.81. The number of ether oxygens (including phenoxy) is 1. The van der Waals surface area contributed by atoms with Crippen LogP contribution in [0.3, 0.4) is 0 Å². The molecule has 5 rings (SSSR count). The minimum Gasteiger partial charge on any atom is -0.469 e. The van der Waals surface area contributed by atoms with Gasteiger partial charge in [-0.3, -0.25) is 9.48 Å². The van der Waals surface area contributed by atoms with Gasteiger partial charge in [0.15, 0.2) is 5.82 Å². The molecule has 44 heavy (non-hydrogen) atoms. The van der Waals surface area contributed by atoms with Gasteiger partial charge in [0, 0.05) is 51.2 Å². The highest BCUT2D eigenvalue weighted by Gasteiger charge is 2.32. The highest BCUT2D eigenvalue weighted by molar-refractivity contribution is 5.72. The summed E-state index contributed by atoms with van der Waals surface area (Å²) in [6, 6.07) is 11.9. The van der Waals surface area contributed by atoms with E-state index in [1.54, 1.807) is 4.68 Å². The van der Waals surface area contributed by atoms with Crippen molar-refractivity contribution in [2.75, 3.05) is 30.0 Å². The Labute approximate surface area is 257 Å². The van der Waals surface area contributed by atoms with E-state index in [0.29, 0.717) is 23.8 Å². The second kappa shape index (κ2) is 13.3. The number of anilines is 2. The summed E-state index contributed by atoms with van der Waals surface area (Å²) in [4.78, 5) is 16.5. The van der Waals surface area contributed by atoms with Crippen LogP contribution in [0.15, 0.2) is 42.6 Å². The quantitative estimate of drug-likeness (QED) is 0.236. The Morgan fingerprint density at radius 1 is 1.07 bits per heavy atom. The van der Waals surface area contributed by atoms with Crippen LogP contribution in [0, 0.1) is 23.2 Å². The molecule has 0 N–H and O–H groups in total. The van der Waals surface area contributed by atoms with Gasteiger partial charge in [-0.25, -0.2) is 0 Å². The van der Waals surface area contributed by atoms with Crippen molar-refractivity contribution in [3.63, 3.8) is 0 Å². The first-order valence-electron chi connectivity index (χ1n) is 15.4. The molecule has 0 atom stereocenters. The molecule has 2 aliphatic rings. The van der Waals surface area contributed by atoms with Crippen LogP contribution in [-0.2, 0) is 48.7 Å². The second-order valence-electron chi connectivity index (χ2n) is 12.1. The molecular formula is C34H40F3N5O2. The number of aryl methyl sites for hydroxylation is 3. The van der Waals surface area contributed by atoms with Gasteiger partial charge in [0.25, 0.3) is 0 Å². The van der Waals surface area contributed by atoms with E-state index in [4.69, 9.17) is 4.74 Å². The summed E-state index contributed by atoms with van der Waals surface area (Å²) in [5, 5.41) is 14.1. The van der Waals surface area contributed by atoms with E-state index in [0.717, 1.165) is 81.4 Å². The SMILES string of the molecule is CCN(C[C@H]1CC[C@H](C(=O)OC)CC1)c1cc2c(cc1CN(Cc1cc(C#N)cc(C(F)(F)F)c1)c1ccn(C)n1)CCC2. The molecule has 1 heterocycles. The van der Waals surface area contributed by atoms with Crippen molar-refractivity contribution in [1.29, 1.82) is 5.26 Å². The van der Waals surface area contributed by atoms with Gasteiger partial charge in [0.1, 0.15) is 0 Å². The predicted molar refractivity (Wildman–Crippen MR) is 163 cm³/mol. The van der Waals surface area contributed by atoms with Crippen LogP contribution in [0.25, 0.3) is 0 Å². The lowest BCUT2D eigenvalue weighted by Gasteiger charge is -2.35. The molecule has 1 saturated carbocycles. The molecule has 0 saturated heterocycles. The standard InChI is InChI=1S/C34H40F3N5O2/c1-4-41(20-23-8-10-26(11-9-23)33(43)44-3)31-18-28-7-5-6-27(28)17-29(31)22-42(32-12-13-40(2)39-32)21-25-14-24(19-38)15-30(16-25)34(35,36)37/h12-18,23,26H,4-11,20-22H2,1-3H3/t23-,26-. The summed E-state index contributed by atoms with van der Waals surface area (Å²) >= 11 is 0. The van der Waals surface area contributed by atoms with Crippen molar-refractivity contribution >= 4 is 17.5 Å². The molecule has 1 aromatic heterocycles. The van der Waals surface area contributed by atoms with Crippen LogP contribution < -0.4 is 9.80 Å². The van der Waals surface area contributed by atoms with Gasteiger partial charge in [0.2, 0.25) is 0 Å². The fourth-order valence-corrected chi connectivity index (χ4v) is 6.77. The van der Waals surface area contributed by atoms with Gasteiger partial charge in [-0.15, -0.1) is 0 Å². The highest BCUT2D eigenvalue weighted by atomic mass is 19.4. The molecule has 10 heteroatoms. The van der Waals surface area contributed by atoms with Gasteiger partial charge in [-0.1, -0.05) is 6.07 Å². The topological polar surface area (TPSA) is 74.4 Å². The molecule has 0 radical (unpaired) electrons. The van der Waals surface area contributed by atoms with Crippen molar-refractivity contribution in [3.05, 3.63) is 76.0 Å².